The van der Waals surface area contributed by atoms with Crippen LogP contribution in [-0.4, -0.2) is 75.7 Å². The van der Waals surface area contributed by atoms with Crippen LogP contribution in [-0.2, 0) is 19.6 Å². The molecule has 1 aromatic rings. The molecule has 3 saturated heterocycles. The zero-order chi connectivity index (χ0) is 20.8. The van der Waals surface area contributed by atoms with Gasteiger partial charge in [-0.1, -0.05) is 29.8 Å². The molecule has 3 heterocycles. The van der Waals surface area contributed by atoms with E-state index >= 15 is 0 Å². The molecule has 166 valence electrons. The minimum Gasteiger partial charge on any atom is -0.381 e. The number of aliphatic imine (C=N–C) groups is 1. The number of hydrogen-bond acceptors (Lipinski definition) is 4. The van der Waals surface area contributed by atoms with Gasteiger partial charge in [-0.3, -0.25) is 4.99 Å². The molecule has 4 rings (SSSR count). The summed E-state index contributed by atoms with van der Waals surface area (Å²) in [7, 11) is 0. The van der Waals surface area contributed by atoms with E-state index in [4.69, 9.17) is 30.8 Å². The van der Waals surface area contributed by atoms with Gasteiger partial charge in [0.15, 0.2) is 5.96 Å². The largest absolute Gasteiger partial charge is 0.381 e. The molecule has 3 aliphatic heterocycles. The highest BCUT2D eigenvalue weighted by Crippen LogP contribution is 2.39. The van der Waals surface area contributed by atoms with Gasteiger partial charge in [0.2, 0.25) is 0 Å². The monoisotopic (exact) mass is 435 g/mol. The number of guanidine groups is 1. The van der Waals surface area contributed by atoms with Crippen LogP contribution in [0.2, 0.25) is 5.02 Å². The van der Waals surface area contributed by atoms with E-state index in [0.717, 1.165) is 76.1 Å². The van der Waals surface area contributed by atoms with E-state index in [1.54, 1.807) is 0 Å². The number of halogens is 1. The highest BCUT2D eigenvalue weighted by Gasteiger charge is 2.37. The standard InChI is InChI=1S/C23H34ClN3O3/c1-2-25-22(27-11-15-30-21(16-27)20-8-5-12-29-20)26-17-23(9-13-28-14-10-23)18-6-3-4-7-19(18)24/h3-4,6-7,20-21H,2,5,8-17H2,1H3,(H,25,26). The van der Waals surface area contributed by atoms with Crippen molar-refractivity contribution < 1.29 is 14.2 Å². The molecule has 0 aliphatic carbocycles. The second kappa shape index (κ2) is 10.3. The third-order valence-electron chi connectivity index (χ3n) is 6.53. The van der Waals surface area contributed by atoms with Gasteiger partial charge in [-0.2, -0.15) is 0 Å². The molecule has 1 N–H and O–H groups in total. The van der Waals surface area contributed by atoms with Crippen LogP contribution in [0, 0.1) is 0 Å². The minimum atomic E-state index is -0.0858. The summed E-state index contributed by atoms with van der Waals surface area (Å²) in [6.45, 7) is 8.36. The van der Waals surface area contributed by atoms with Gasteiger partial charge in [0.25, 0.3) is 0 Å². The van der Waals surface area contributed by atoms with Crippen LogP contribution >= 0.6 is 11.6 Å². The molecule has 6 nitrogen and oxygen atoms in total. The first kappa shape index (κ1) is 21.9. The first-order valence-electron chi connectivity index (χ1n) is 11.3. The maximum Gasteiger partial charge on any atom is 0.194 e. The number of benzene rings is 1. The molecule has 3 fully saturated rings. The van der Waals surface area contributed by atoms with E-state index in [1.165, 1.54) is 5.56 Å². The maximum atomic E-state index is 6.62. The summed E-state index contributed by atoms with van der Waals surface area (Å²) in [5, 5.41) is 4.33. The molecule has 2 unspecified atom stereocenters. The Labute approximate surface area is 184 Å². The summed E-state index contributed by atoms with van der Waals surface area (Å²) in [5.41, 5.74) is 1.10. The second-order valence-electron chi connectivity index (χ2n) is 8.45. The fourth-order valence-corrected chi connectivity index (χ4v) is 5.14. The lowest BCUT2D eigenvalue weighted by Crippen LogP contribution is -2.53. The van der Waals surface area contributed by atoms with Crippen molar-refractivity contribution in [3.63, 3.8) is 0 Å². The number of hydrogen-bond donors (Lipinski definition) is 1. The summed E-state index contributed by atoms with van der Waals surface area (Å²) in [6.07, 6.45) is 4.40. The Morgan fingerprint density at radius 3 is 2.70 bits per heavy atom. The minimum absolute atomic E-state index is 0.0858. The Balaban J connectivity index is 1.53. The molecule has 2 atom stereocenters. The Morgan fingerprint density at radius 1 is 1.17 bits per heavy atom. The normalized spacial score (nSPS) is 27.3. The lowest BCUT2D eigenvalue weighted by molar-refractivity contribution is -0.0817. The van der Waals surface area contributed by atoms with Gasteiger partial charge >= 0.3 is 0 Å². The highest BCUT2D eigenvalue weighted by molar-refractivity contribution is 6.31. The molecule has 1 aromatic carbocycles. The molecule has 0 radical (unpaired) electrons. The number of nitrogens with one attached hydrogen (secondary N) is 1. The third kappa shape index (κ3) is 4.93. The zero-order valence-electron chi connectivity index (χ0n) is 17.9. The predicted octanol–water partition coefficient (Wildman–Crippen LogP) is 3.23. The van der Waals surface area contributed by atoms with Crippen molar-refractivity contribution >= 4 is 17.6 Å². The van der Waals surface area contributed by atoms with Crippen molar-refractivity contribution in [3.05, 3.63) is 34.9 Å². The van der Waals surface area contributed by atoms with E-state index in [-0.39, 0.29) is 17.6 Å². The average molecular weight is 436 g/mol. The maximum absolute atomic E-state index is 6.62. The summed E-state index contributed by atoms with van der Waals surface area (Å²) >= 11 is 6.62. The van der Waals surface area contributed by atoms with Crippen LogP contribution in [0.15, 0.2) is 29.3 Å². The lowest BCUT2D eigenvalue weighted by atomic mass is 9.74. The van der Waals surface area contributed by atoms with Crippen LogP contribution in [0.5, 0.6) is 0 Å². The van der Waals surface area contributed by atoms with Gasteiger partial charge < -0.3 is 24.4 Å². The Hall–Kier alpha value is -1.34. The van der Waals surface area contributed by atoms with Crippen molar-refractivity contribution in [1.29, 1.82) is 0 Å². The molecule has 0 aromatic heterocycles. The van der Waals surface area contributed by atoms with Crippen molar-refractivity contribution in [1.82, 2.24) is 10.2 Å². The number of nitrogens with zero attached hydrogens (tertiary/aromatic N) is 2. The third-order valence-corrected chi connectivity index (χ3v) is 6.86. The van der Waals surface area contributed by atoms with E-state index in [1.807, 2.05) is 12.1 Å². The summed E-state index contributed by atoms with van der Waals surface area (Å²) < 4.78 is 17.6. The van der Waals surface area contributed by atoms with Crippen LogP contribution in [0.3, 0.4) is 0 Å². The Bertz CT molecular complexity index is 717. The molecular weight excluding hydrogens is 402 g/mol. The number of rotatable bonds is 5. The number of morpholine rings is 1. The lowest BCUT2D eigenvalue weighted by Gasteiger charge is -2.39. The molecule has 3 aliphatic rings. The molecule has 0 amide bonds. The van der Waals surface area contributed by atoms with E-state index < -0.39 is 0 Å². The van der Waals surface area contributed by atoms with Crippen molar-refractivity contribution in [3.8, 4) is 0 Å². The molecule has 0 saturated carbocycles. The molecule has 30 heavy (non-hydrogen) atoms. The first-order valence-corrected chi connectivity index (χ1v) is 11.7. The topological polar surface area (TPSA) is 55.3 Å². The van der Waals surface area contributed by atoms with Gasteiger partial charge in [-0.25, -0.2) is 0 Å². The van der Waals surface area contributed by atoms with Gasteiger partial charge in [0, 0.05) is 49.9 Å². The summed E-state index contributed by atoms with van der Waals surface area (Å²) in [5.74, 6) is 0.960. The Kier molecular flexibility index (Phi) is 7.52. The van der Waals surface area contributed by atoms with Gasteiger partial charge in [-0.05, 0) is 44.2 Å². The van der Waals surface area contributed by atoms with Crippen LogP contribution < -0.4 is 5.32 Å². The van der Waals surface area contributed by atoms with Gasteiger partial charge in [-0.15, -0.1) is 0 Å². The van der Waals surface area contributed by atoms with Gasteiger partial charge in [0.1, 0.15) is 6.10 Å². The van der Waals surface area contributed by atoms with Crippen molar-refractivity contribution in [2.75, 3.05) is 52.6 Å². The van der Waals surface area contributed by atoms with Crippen molar-refractivity contribution in [2.24, 2.45) is 4.99 Å². The fourth-order valence-electron chi connectivity index (χ4n) is 4.81. The predicted molar refractivity (Wildman–Crippen MR) is 119 cm³/mol. The van der Waals surface area contributed by atoms with Crippen LogP contribution in [0.4, 0.5) is 0 Å². The first-order chi connectivity index (χ1) is 14.7. The van der Waals surface area contributed by atoms with E-state index in [9.17, 15) is 0 Å². The fraction of sp³-hybridized carbons (Fsp3) is 0.696. The SMILES string of the molecule is CCNC(=NCC1(c2ccccc2Cl)CCOCC1)N1CCOC(C2CCCO2)C1. The van der Waals surface area contributed by atoms with Crippen molar-refractivity contribution in [2.45, 2.75) is 50.2 Å². The highest BCUT2D eigenvalue weighted by atomic mass is 35.5. The number of ether oxygens (including phenoxy) is 3. The molecular formula is C23H34ClN3O3. The zero-order valence-corrected chi connectivity index (χ0v) is 18.7. The smallest absolute Gasteiger partial charge is 0.194 e. The van der Waals surface area contributed by atoms with Crippen LogP contribution in [0.25, 0.3) is 0 Å². The quantitative estimate of drug-likeness (QED) is 0.568. The average Bonchev–Trinajstić information content (AvgIpc) is 3.33. The van der Waals surface area contributed by atoms with E-state index in [0.29, 0.717) is 13.2 Å². The second-order valence-corrected chi connectivity index (χ2v) is 8.86. The molecule has 7 heteroatoms. The van der Waals surface area contributed by atoms with E-state index in [2.05, 4.69) is 29.3 Å². The molecule has 0 bridgehead atoms. The Morgan fingerprint density at radius 2 is 1.97 bits per heavy atom. The summed E-state index contributed by atoms with van der Waals surface area (Å²) in [4.78, 5) is 7.46. The van der Waals surface area contributed by atoms with Gasteiger partial charge in [0.05, 0.1) is 19.3 Å². The molecule has 0 spiro atoms. The summed E-state index contributed by atoms with van der Waals surface area (Å²) in [6, 6.07) is 8.20. The van der Waals surface area contributed by atoms with Crippen LogP contribution in [0.1, 0.15) is 38.2 Å².